The molecule has 0 aliphatic rings. The van der Waals surface area contributed by atoms with Gasteiger partial charge in [-0.15, -0.1) is 0 Å². The normalized spacial score (nSPS) is 11.0. The summed E-state index contributed by atoms with van der Waals surface area (Å²) in [5.41, 5.74) is 3.60. The van der Waals surface area contributed by atoms with Crippen molar-refractivity contribution < 1.29 is 4.79 Å². The number of nitrogens with one attached hydrogen (secondary N) is 1. The zero-order chi connectivity index (χ0) is 16.1. The van der Waals surface area contributed by atoms with Gasteiger partial charge in [-0.2, -0.15) is 0 Å². The standard InChI is InChI=1S/C19H17N3O/c1-14-5-2-9-17(22-14)13-21-18(23)11-10-16-7-3-6-15-8-4-12-20-19(15)16/h2-12H,13H2,1H3,(H,21,23)/b11-10+. The number of hydrogen-bond donors (Lipinski definition) is 1. The summed E-state index contributed by atoms with van der Waals surface area (Å²) >= 11 is 0. The van der Waals surface area contributed by atoms with Crippen molar-refractivity contribution in [2.75, 3.05) is 0 Å². The Labute approximate surface area is 134 Å². The average molecular weight is 303 g/mol. The summed E-state index contributed by atoms with van der Waals surface area (Å²) in [6.07, 6.45) is 5.07. The minimum absolute atomic E-state index is 0.152. The maximum Gasteiger partial charge on any atom is 0.244 e. The van der Waals surface area contributed by atoms with E-state index in [1.807, 2.05) is 55.5 Å². The fourth-order valence-corrected chi connectivity index (χ4v) is 2.36. The second kappa shape index (κ2) is 6.83. The molecule has 0 spiro atoms. The summed E-state index contributed by atoms with van der Waals surface area (Å²) in [7, 11) is 0. The summed E-state index contributed by atoms with van der Waals surface area (Å²) in [6.45, 7) is 2.34. The summed E-state index contributed by atoms with van der Waals surface area (Å²) < 4.78 is 0. The molecular formula is C19H17N3O. The van der Waals surface area contributed by atoms with Gasteiger partial charge in [-0.1, -0.05) is 30.3 Å². The van der Waals surface area contributed by atoms with Crippen LogP contribution in [0, 0.1) is 6.92 Å². The number of para-hydroxylation sites is 1. The third-order valence-electron chi connectivity index (χ3n) is 3.47. The van der Waals surface area contributed by atoms with Gasteiger partial charge in [-0.25, -0.2) is 0 Å². The van der Waals surface area contributed by atoms with E-state index >= 15 is 0 Å². The van der Waals surface area contributed by atoms with Crippen molar-refractivity contribution >= 4 is 22.9 Å². The van der Waals surface area contributed by atoms with Crippen LogP contribution in [-0.4, -0.2) is 15.9 Å². The Morgan fingerprint density at radius 1 is 1.13 bits per heavy atom. The molecule has 0 unspecified atom stereocenters. The Morgan fingerprint density at radius 3 is 2.83 bits per heavy atom. The number of nitrogens with zero attached hydrogens (tertiary/aromatic N) is 2. The Morgan fingerprint density at radius 2 is 1.96 bits per heavy atom. The first kappa shape index (κ1) is 14.9. The van der Waals surface area contributed by atoms with Gasteiger partial charge in [-0.3, -0.25) is 14.8 Å². The summed E-state index contributed by atoms with van der Waals surface area (Å²) in [6, 6.07) is 15.6. The molecule has 0 saturated carbocycles. The van der Waals surface area contributed by atoms with Gasteiger partial charge in [0.05, 0.1) is 17.8 Å². The monoisotopic (exact) mass is 303 g/mol. The third-order valence-corrected chi connectivity index (χ3v) is 3.47. The van der Waals surface area contributed by atoms with Gasteiger partial charge in [0.1, 0.15) is 0 Å². The van der Waals surface area contributed by atoms with Crippen LogP contribution < -0.4 is 5.32 Å². The highest BCUT2D eigenvalue weighted by atomic mass is 16.1. The molecule has 0 radical (unpaired) electrons. The molecule has 0 bridgehead atoms. The molecule has 0 saturated heterocycles. The Balaban J connectivity index is 1.68. The van der Waals surface area contributed by atoms with Gasteiger partial charge in [0, 0.05) is 28.9 Å². The predicted molar refractivity (Wildman–Crippen MR) is 91.6 cm³/mol. The van der Waals surface area contributed by atoms with Crippen molar-refractivity contribution in [2.45, 2.75) is 13.5 Å². The highest BCUT2D eigenvalue weighted by Gasteiger charge is 2.01. The second-order valence-electron chi connectivity index (χ2n) is 5.24. The number of rotatable bonds is 4. The fourth-order valence-electron chi connectivity index (χ4n) is 2.36. The lowest BCUT2D eigenvalue weighted by molar-refractivity contribution is -0.116. The number of hydrogen-bond acceptors (Lipinski definition) is 3. The molecule has 0 fully saturated rings. The minimum Gasteiger partial charge on any atom is -0.347 e. The van der Waals surface area contributed by atoms with Crippen molar-refractivity contribution in [1.82, 2.24) is 15.3 Å². The van der Waals surface area contributed by atoms with Crippen LogP contribution in [0.15, 0.2) is 60.8 Å². The van der Waals surface area contributed by atoms with E-state index in [-0.39, 0.29) is 5.91 Å². The predicted octanol–water partition coefficient (Wildman–Crippen LogP) is 3.27. The Hall–Kier alpha value is -3.01. The molecule has 0 atom stereocenters. The number of pyridine rings is 2. The maximum absolute atomic E-state index is 12.0. The van der Waals surface area contributed by atoms with Crippen molar-refractivity contribution in [3.63, 3.8) is 0 Å². The molecule has 23 heavy (non-hydrogen) atoms. The molecule has 1 amide bonds. The number of benzene rings is 1. The molecule has 1 aromatic carbocycles. The van der Waals surface area contributed by atoms with Crippen molar-refractivity contribution in [3.8, 4) is 0 Å². The van der Waals surface area contributed by atoms with Crippen LogP contribution in [0.3, 0.4) is 0 Å². The van der Waals surface area contributed by atoms with Crippen LogP contribution in [0.2, 0.25) is 0 Å². The van der Waals surface area contributed by atoms with Gasteiger partial charge < -0.3 is 5.32 Å². The zero-order valence-electron chi connectivity index (χ0n) is 12.9. The molecule has 114 valence electrons. The molecule has 0 aliphatic heterocycles. The summed E-state index contributed by atoms with van der Waals surface area (Å²) in [4.78, 5) is 20.7. The van der Waals surface area contributed by atoms with E-state index in [0.717, 1.165) is 27.9 Å². The van der Waals surface area contributed by atoms with E-state index in [2.05, 4.69) is 15.3 Å². The number of carbonyl (C=O) groups excluding carboxylic acids is 1. The number of aryl methyl sites for hydroxylation is 1. The quantitative estimate of drug-likeness (QED) is 0.753. The first-order valence-electron chi connectivity index (χ1n) is 7.44. The lowest BCUT2D eigenvalue weighted by Gasteiger charge is -2.03. The van der Waals surface area contributed by atoms with Crippen LogP contribution in [0.5, 0.6) is 0 Å². The van der Waals surface area contributed by atoms with Crippen LogP contribution in [-0.2, 0) is 11.3 Å². The summed E-state index contributed by atoms with van der Waals surface area (Å²) in [5.74, 6) is -0.152. The zero-order valence-corrected chi connectivity index (χ0v) is 12.9. The van der Waals surface area contributed by atoms with Crippen LogP contribution in [0.1, 0.15) is 17.0 Å². The number of amides is 1. The van der Waals surface area contributed by atoms with Crippen LogP contribution in [0.25, 0.3) is 17.0 Å². The topological polar surface area (TPSA) is 54.9 Å². The van der Waals surface area contributed by atoms with E-state index in [1.54, 1.807) is 12.3 Å². The lowest BCUT2D eigenvalue weighted by Crippen LogP contribution is -2.20. The van der Waals surface area contributed by atoms with Gasteiger partial charge in [-0.05, 0) is 31.2 Å². The van der Waals surface area contributed by atoms with Gasteiger partial charge in [0.25, 0.3) is 0 Å². The van der Waals surface area contributed by atoms with E-state index in [4.69, 9.17) is 0 Å². The lowest BCUT2D eigenvalue weighted by atomic mass is 10.1. The molecule has 0 aliphatic carbocycles. The highest BCUT2D eigenvalue weighted by molar-refractivity contribution is 5.95. The van der Waals surface area contributed by atoms with E-state index in [0.29, 0.717) is 6.54 Å². The molecule has 4 heteroatoms. The Bertz CT molecular complexity index is 866. The fraction of sp³-hybridized carbons (Fsp3) is 0.105. The van der Waals surface area contributed by atoms with Gasteiger partial charge in [0.2, 0.25) is 5.91 Å². The molecular weight excluding hydrogens is 286 g/mol. The van der Waals surface area contributed by atoms with E-state index in [9.17, 15) is 4.79 Å². The Kier molecular flexibility index (Phi) is 4.43. The molecule has 3 rings (SSSR count). The first-order chi connectivity index (χ1) is 11.2. The smallest absolute Gasteiger partial charge is 0.244 e. The highest BCUT2D eigenvalue weighted by Crippen LogP contribution is 2.16. The SMILES string of the molecule is Cc1cccc(CNC(=O)/C=C/c2cccc3cccnc23)n1. The van der Waals surface area contributed by atoms with Crippen molar-refractivity contribution in [1.29, 1.82) is 0 Å². The molecule has 4 nitrogen and oxygen atoms in total. The molecule has 3 aromatic rings. The third kappa shape index (κ3) is 3.80. The van der Waals surface area contributed by atoms with Crippen LogP contribution in [0.4, 0.5) is 0 Å². The maximum atomic E-state index is 12.0. The molecule has 2 aromatic heterocycles. The number of aromatic nitrogens is 2. The van der Waals surface area contributed by atoms with Gasteiger partial charge in [0.15, 0.2) is 0 Å². The van der Waals surface area contributed by atoms with E-state index in [1.165, 1.54) is 6.08 Å². The number of fused-ring (bicyclic) bond motifs is 1. The second-order valence-corrected chi connectivity index (χ2v) is 5.24. The van der Waals surface area contributed by atoms with Crippen molar-refractivity contribution in [3.05, 3.63) is 77.8 Å². The summed E-state index contributed by atoms with van der Waals surface area (Å²) in [5, 5.41) is 3.89. The molecule has 2 heterocycles. The van der Waals surface area contributed by atoms with E-state index < -0.39 is 0 Å². The molecule has 1 N–H and O–H groups in total. The first-order valence-corrected chi connectivity index (χ1v) is 7.44. The largest absolute Gasteiger partial charge is 0.347 e. The van der Waals surface area contributed by atoms with Gasteiger partial charge >= 0.3 is 0 Å². The minimum atomic E-state index is -0.152. The van der Waals surface area contributed by atoms with Crippen LogP contribution >= 0.6 is 0 Å². The number of carbonyl (C=O) groups is 1. The average Bonchev–Trinajstić information content (AvgIpc) is 2.58. The van der Waals surface area contributed by atoms with Crippen molar-refractivity contribution in [2.24, 2.45) is 0 Å².